The molecule has 0 N–H and O–H groups in total. The summed E-state index contributed by atoms with van der Waals surface area (Å²) in [7, 11) is 0. The van der Waals surface area contributed by atoms with Crippen molar-refractivity contribution in [3.8, 4) is 0 Å². The van der Waals surface area contributed by atoms with Crippen LogP contribution >= 0.6 is 0 Å². The summed E-state index contributed by atoms with van der Waals surface area (Å²) in [6, 6.07) is 0. The molecule has 2 atom stereocenters. The minimum absolute atomic E-state index is 0.0384. The van der Waals surface area contributed by atoms with E-state index in [1.165, 1.54) is 0 Å². The van der Waals surface area contributed by atoms with E-state index in [2.05, 4.69) is 46.5 Å². The van der Waals surface area contributed by atoms with Crippen molar-refractivity contribution in [3.05, 3.63) is 11.8 Å². The van der Waals surface area contributed by atoms with E-state index in [0.29, 0.717) is 12.2 Å². The molecule has 0 rings (SSSR count). The van der Waals surface area contributed by atoms with Crippen LogP contribution in [0.1, 0.15) is 81.1 Å². The molecule has 2 heteroatoms. The van der Waals surface area contributed by atoms with Crippen LogP contribution in [0, 0.1) is 17.3 Å². The fraction of sp³-hybridized carbons (Fsp3) is 0.789. The minimum Gasteiger partial charge on any atom is -0.299 e. The van der Waals surface area contributed by atoms with Gasteiger partial charge in [0.05, 0.1) is 0 Å². The maximum absolute atomic E-state index is 12.6. The summed E-state index contributed by atoms with van der Waals surface area (Å²) in [6.07, 6.45) is 6.02. The molecule has 0 bridgehead atoms. The molecular weight excluding hydrogens is 258 g/mol. The highest BCUT2D eigenvalue weighted by atomic mass is 16.1. The zero-order chi connectivity index (χ0) is 16.6. The first-order valence-electron chi connectivity index (χ1n) is 8.34. The number of ketones is 1. The number of carbonyl (C=O) groups excluding carboxylic acids is 1. The van der Waals surface area contributed by atoms with Gasteiger partial charge in [-0.25, -0.2) is 0 Å². The molecule has 0 radical (unpaired) electrons. The zero-order valence-corrected chi connectivity index (χ0v) is 15.4. The summed E-state index contributed by atoms with van der Waals surface area (Å²) in [5.74, 6) is 0.755. The molecule has 0 heterocycles. The number of rotatable bonds is 8. The van der Waals surface area contributed by atoms with Crippen LogP contribution in [-0.4, -0.2) is 11.5 Å². The Kier molecular flexibility index (Phi) is 8.77. The molecule has 0 aromatic heterocycles. The third-order valence-corrected chi connectivity index (χ3v) is 4.50. The Morgan fingerprint density at radius 2 is 1.81 bits per heavy atom. The van der Waals surface area contributed by atoms with Gasteiger partial charge in [-0.05, 0) is 32.6 Å². The molecule has 0 fully saturated rings. The Bertz CT molecular complexity index is 385. The lowest BCUT2D eigenvalue weighted by atomic mass is 9.76. The monoisotopic (exact) mass is 293 g/mol. The molecule has 0 aliphatic rings. The summed E-state index contributed by atoms with van der Waals surface area (Å²) < 4.78 is 0. The van der Waals surface area contributed by atoms with Gasteiger partial charge in [-0.1, -0.05) is 53.5 Å². The number of unbranched alkanes of at least 4 members (excludes halogenated alkanes) is 1. The van der Waals surface area contributed by atoms with Crippen molar-refractivity contribution in [2.24, 2.45) is 22.2 Å². The molecular formula is C19H35NO. The minimum atomic E-state index is 0.0384. The number of Topliss-reactive ketones (excluding diaryl/α,β-unsaturated/α-hetero) is 1. The Morgan fingerprint density at radius 1 is 1.24 bits per heavy atom. The molecule has 21 heavy (non-hydrogen) atoms. The number of aliphatic imine (C=N–C) groups is 1. The average Bonchev–Trinajstić information content (AvgIpc) is 2.40. The summed E-state index contributed by atoms with van der Waals surface area (Å²) in [6.45, 7) is 16.8. The molecule has 0 aliphatic heterocycles. The van der Waals surface area contributed by atoms with Gasteiger partial charge in [0.15, 0.2) is 0 Å². The molecule has 0 aromatic carbocycles. The lowest BCUT2D eigenvalue weighted by Gasteiger charge is -2.27. The van der Waals surface area contributed by atoms with Gasteiger partial charge in [0.25, 0.3) is 0 Å². The van der Waals surface area contributed by atoms with E-state index >= 15 is 0 Å². The molecule has 0 saturated heterocycles. The first-order valence-corrected chi connectivity index (χ1v) is 8.34. The molecule has 0 aromatic rings. The van der Waals surface area contributed by atoms with Gasteiger partial charge in [-0.15, -0.1) is 0 Å². The topological polar surface area (TPSA) is 29.4 Å². The molecule has 122 valence electrons. The van der Waals surface area contributed by atoms with Crippen molar-refractivity contribution >= 4 is 11.5 Å². The maximum Gasteiger partial charge on any atom is 0.136 e. The van der Waals surface area contributed by atoms with E-state index in [9.17, 15) is 4.79 Å². The van der Waals surface area contributed by atoms with Crippen molar-refractivity contribution in [2.45, 2.75) is 81.1 Å². The largest absolute Gasteiger partial charge is 0.299 e. The fourth-order valence-electron chi connectivity index (χ4n) is 2.25. The average molecular weight is 293 g/mol. The van der Waals surface area contributed by atoms with E-state index in [1.54, 1.807) is 0 Å². The Balaban J connectivity index is 5.01. The SMILES string of the molecule is C/C=C(/C)N=C(C)C(CCCC)CC(=O)C(C)C(C)(C)C. The lowest BCUT2D eigenvalue weighted by molar-refractivity contribution is -0.125. The lowest BCUT2D eigenvalue weighted by Crippen LogP contribution is -2.29. The summed E-state index contributed by atoms with van der Waals surface area (Å²) in [4.78, 5) is 17.2. The second-order valence-corrected chi connectivity index (χ2v) is 7.28. The van der Waals surface area contributed by atoms with Gasteiger partial charge in [-0.3, -0.25) is 9.79 Å². The van der Waals surface area contributed by atoms with Crippen molar-refractivity contribution in [3.63, 3.8) is 0 Å². The second-order valence-electron chi connectivity index (χ2n) is 7.28. The van der Waals surface area contributed by atoms with E-state index < -0.39 is 0 Å². The predicted octanol–water partition coefficient (Wildman–Crippen LogP) is 5.82. The van der Waals surface area contributed by atoms with E-state index in [-0.39, 0.29) is 17.3 Å². The summed E-state index contributed by atoms with van der Waals surface area (Å²) in [5, 5.41) is 0. The molecule has 0 amide bonds. The van der Waals surface area contributed by atoms with Crippen LogP contribution in [0.25, 0.3) is 0 Å². The van der Waals surface area contributed by atoms with Crippen molar-refractivity contribution < 1.29 is 4.79 Å². The van der Waals surface area contributed by atoms with Crippen LogP contribution in [0.15, 0.2) is 16.8 Å². The van der Waals surface area contributed by atoms with Crippen LogP contribution in [0.5, 0.6) is 0 Å². The van der Waals surface area contributed by atoms with Crippen LogP contribution < -0.4 is 0 Å². The van der Waals surface area contributed by atoms with Gasteiger partial charge in [-0.2, -0.15) is 0 Å². The highest BCUT2D eigenvalue weighted by Gasteiger charge is 2.28. The summed E-state index contributed by atoms with van der Waals surface area (Å²) in [5.41, 5.74) is 2.18. The number of allylic oxidation sites excluding steroid dienone is 2. The third kappa shape index (κ3) is 7.59. The van der Waals surface area contributed by atoms with Gasteiger partial charge < -0.3 is 0 Å². The van der Waals surface area contributed by atoms with Crippen LogP contribution in [0.4, 0.5) is 0 Å². The first-order chi connectivity index (χ1) is 9.63. The van der Waals surface area contributed by atoms with Gasteiger partial charge in [0, 0.05) is 29.7 Å². The van der Waals surface area contributed by atoms with E-state index in [1.807, 2.05) is 19.9 Å². The number of nitrogens with zero attached hydrogens (tertiary/aromatic N) is 1. The number of carbonyl (C=O) groups is 1. The standard InChI is InChI=1S/C19H35NO/c1-9-11-12-17(16(5)20-14(3)10-2)13-18(21)15(4)19(6,7)8/h10,15,17H,9,11-13H2,1-8H3/b14-10-,20-16?. The molecule has 0 aliphatic carbocycles. The van der Waals surface area contributed by atoms with E-state index in [0.717, 1.165) is 30.7 Å². The smallest absolute Gasteiger partial charge is 0.136 e. The van der Waals surface area contributed by atoms with Gasteiger partial charge >= 0.3 is 0 Å². The molecule has 2 unspecified atom stereocenters. The highest BCUT2D eigenvalue weighted by molar-refractivity contribution is 5.91. The summed E-state index contributed by atoms with van der Waals surface area (Å²) >= 11 is 0. The van der Waals surface area contributed by atoms with Crippen molar-refractivity contribution in [1.29, 1.82) is 0 Å². The van der Waals surface area contributed by atoms with Gasteiger partial charge in [0.2, 0.25) is 0 Å². The zero-order valence-electron chi connectivity index (χ0n) is 15.4. The quantitative estimate of drug-likeness (QED) is 0.518. The molecule has 0 saturated carbocycles. The van der Waals surface area contributed by atoms with Crippen LogP contribution in [0.2, 0.25) is 0 Å². The van der Waals surface area contributed by atoms with Crippen molar-refractivity contribution in [2.75, 3.05) is 0 Å². The highest BCUT2D eigenvalue weighted by Crippen LogP contribution is 2.29. The molecule has 0 spiro atoms. The predicted molar refractivity (Wildman–Crippen MR) is 93.8 cm³/mol. The van der Waals surface area contributed by atoms with Gasteiger partial charge in [0.1, 0.15) is 5.78 Å². The normalized spacial score (nSPS) is 16.8. The maximum atomic E-state index is 12.6. The first kappa shape index (κ1) is 20.1. The number of hydrogen-bond donors (Lipinski definition) is 0. The Hall–Kier alpha value is -0.920. The van der Waals surface area contributed by atoms with E-state index in [4.69, 9.17) is 0 Å². The van der Waals surface area contributed by atoms with Crippen LogP contribution in [0.3, 0.4) is 0 Å². The molecule has 2 nitrogen and oxygen atoms in total. The Morgan fingerprint density at radius 3 is 2.24 bits per heavy atom. The van der Waals surface area contributed by atoms with Crippen molar-refractivity contribution in [1.82, 2.24) is 0 Å². The number of hydrogen-bond acceptors (Lipinski definition) is 2. The Labute approximate surface area is 132 Å². The third-order valence-electron chi connectivity index (χ3n) is 4.50. The second kappa shape index (κ2) is 9.17. The fourth-order valence-corrected chi connectivity index (χ4v) is 2.25. The van der Waals surface area contributed by atoms with Crippen LogP contribution in [-0.2, 0) is 4.79 Å².